The van der Waals surface area contributed by atoms with Crippen molar-refractivity contribution in [1.29, 1.82) is 0 Å². The molecule has 0 atom stereocenters. The molecule has 0 amide bonds. The van der Waals surface area contributed by atoms with Crippen LogP contribution in [0.1, 0.15) is 70.9 Å². The first-order valence-electron chi connectivity index (χ1n) is 17.6. The lowest BCUT2D eigenvalue weighted by molar-refractivity contribution is -0.437. The zero-order valence-electron chi connectivity index (χ0n) is 30.1. The summed E-state index contributed by atoms with van der Waals surface area (Å²) < 4.78 is 90.0. The van der Waals surface area contributed by atoms with Crippen LogP contribution in [0, 0.1) is 0 Å². The summed E-state index contributed by atoms with van der Waals surface area (Å²) in [5.41, 5.74) is 6.76. The van der Waals surface area contributed by atoms with E-state index in [1.54, 1.807) is 0 Å². The molecule has 4 heterocycles. The summed E-state index contributed by atoms with van der Waals surface area (Å²) in [5, 5.41) is 0.656. The highest BCUT2D eigenvalue weighted by molar-refractivity contribution is 7.86. The van der Waals surface area contributed by atoms with Gasteiger partial charge in [-0.3, -0.25) is 9.11 Å². The van der Waals surface area contributed by atoms with Crippen molar-refractivity contribution in [3.05, 3.63) is 81.6 Å². The van der Waals surface area contributed by atoms with Gasteiger partial charge in [-0.1, -0.05) is 37.6 Å². The summed E-state index contributed by atoms with van der Waals surface area (Å²) in [4.78, 5) is 2.08. The normalized spacial score (nSPS) is 21.5. The smallest absolute Gasteiger partial charge is 0.265 e. The van der Waals surface area contributed by atoms with Crippen molar-refractivity contribution < 1.29 is 49.5 Å². The Morgan fingerprint density at radius 3 is 2.06 bits per heavy atom. The van der Waals surface area contributed by atoms with Gasteiger partial charge < -0.3 is 23.8 Å². The third-order valence-corrected chi connectivity index (χ3v) is 12.8. The molecule has 15 heteroatoms. The molecule has 4 aliphatic heterocycles. The number of allylic oxidation sites excluding steroid dienone is 8. The number of fused-ring (bicyclic) bond motifs is 4. The zero-order chi connectivity index (χ0) is 37.9. The molecule has 0 unspecified atom stereocenters. The Kier molecular flexibility index (Phi) is 9.76. The minimum Gasteiger partial charge on any atom is -0.454 e. The van der Waals surface area contributed by atoms with E-state index >= 15 is 0 Å². The van der Waals surface area contributed by atoms with Gasteiger partial charge in [-0.05, 0) is 74.4 Å². The molecule has 0 fully saturated rings. The Balaban J connectivity index is 1.22. The number of halogens is 1. The minimum atomic E-state index is -4.13. The van der Waals surface area contributed by atoms with Gasteiger partial charge in [-0.25, -0.2) is 0 Å². The highest BCUT2D eigenvalue weighted by Gasteiger charge is 2.46. The SMILES string of the molecule is CC1(C)C(/C=C/C2=C(Cl)C(=C/C=C3\N(CCCS(=O)(=O)O)c4cc5c(cc4C3(C)C)OCO5)CCC2)=[N+](CCCS(=O)(=O)O)c2cc3c(cc21)OCO3. The van der Waals surface area contributed by atoms with E-state index in [4.69, 9.17) is 30.5 Å². The number of hydrogen-bond donors (Lipinski definition) is 2. The van der Waals surface area contributed by atoms with Gasteiger partial charge in [-0.2, -0.15) is 21.4 Å². The molecule has 284 valence electrons. The van der Waals surface area contributed by atoms with E-state index in [9.17, 15) is 25.9 Å². The fourth-order valence-corrected chi connectivity index (χ4v) is 9.28. The van der Waals surface area contributed by atoms with Crippen LogP contribution < -0.4 is 23.8 Å². The van der Waals surface area contributed by atoms with Crippen molar-refractivity contribution in [3.8, 4) is 23.0 Å². The minimum absolute atomic E-state index is 0.138. The van der Waals surface area contributed by atoms with Gasteiger partial charge in [0, 0.05) is 52.5 Å². The van der Waals surface area contributed by atoms with E-state index < -0.39 is 31.1 Å². The Morgan fingerprint density at radius 2 is 1.40 bits per heavy atom. The molecule has 0 spiro atoms. The van der Waals surface area contributed by atoms with Gasteiger partial charge in [0.25, 0.3) is 20.2 Å². The fourth-order valence-electron chi connectivity index (χ4n) is 7.98. The lowest BCUT2D eigenvalue weighted by atomic mass is 9.81. The van der Waals surface area contributed by atoms with Crippen molar-refractivity contribution in [1.82, 2.24) is 0 Å². The van der Waals surface area contributed by atoms with Gasteiger partial charge in [-0.15, -0.1) is 0 Å². The molecule has 5 aliphatic rings. The number of nitrogens with zero attached hydrogens (tertiary/aromatic N) is 2. The van der Waals surface area contributed by atoms with Crippen molar-refractivity contribution in [2.45, 2.75) is 70.6 Å². The fraction of sp³-hybridized carbons (Fsp3) is 0.447. The number of rotatable bonds is 11. The Hall–Kier alpha value is -3.82. The first kappa shape index (κ1) is 37.5. The van der Waals surface area contributed by atoms with Gasteiger partial charge >= 0.3 is 0 Å². The first-order chi connectivity index (χ1) is 24.9. The number of anilines is 1. The summed E-state index contributed by atoms with van der Waals surface area (Å²) in [7, 11) is -8.25. The van der Waals surface area contributed by atoms with Crippen LogP contribution >= 0.6 is 11.6 Å². The molecule has 0 bridgehead atoms. The number of ether oxygens (including phenoxy) is 4. The lowest BCUT2D eigenvalue weighted by Crippen LogP contribution is -2.28. The summed E-state index contributed by atoms with van der Waals surface area (Å²) in [6.45, 7) is 9.45. The Morgan fingerprint density at radius 1 is 0.792 bits per heavy atom. The molecule has 12 nitrogen and oxygen atoms in total. The van der Waals surface area contributed by atoms with E-state index in [0.717, 1.165) is 64.3 Å². The standard InChI is InChI=1S/C38H43ClN2O10S2/c1-37(2)26-18-30-32(50-22-48-30)20-28(26)40(14-6-16-52(42,43)44)34(37)12-10-24-8-5-9-25(36(24)39)11-13-35-38(3,4)27-19-31-33(51-23-49-31)21-29(27)41(35)15-7-17-53(45,46)47/h10-13,18-21H,5-9,14-17,22-23H2,1-4H3,(H-,42,43,44,45,46,47)/p+1. The maximum Gasteiger partial charge on any atom is 0.265 e. The monoisotopic (exact) mass is 787 g/mol. The van der Waals surface area contributed by atoms with Gasteiger partial charge in [0.1, 0.15) is 6.54 Å². The zero-order valence-corrected chi connectivity index (χ0v) is 32.5. The Bertz CT molecular complexity index is 2250. The van der Waals surface area contributed by atoms with Crippen molar-refractivity contribution in [2.75, 3.05) is 43.1 Å². The van der Waals surface area contributed by atoms with Crippen molar-refractivity contribution in [3.63, 3.8) is 0 Å². The molecule has 0 saturated carbocycles. The average Bonchev–Trinajstić information content (AvgIpc) is 3.81. The van der Waals surface area contributed by atoms with Crippen LogP contribution in [-0.4, -0.2) is 74.4 Å². The molecule has 7 rings (SSSR count). The molecule has 0 saturated heterocycles. The topological polar surface area (TPSA) is 152 Å². The first-order valence-corrected chi connectivity index (χ1v) is 21.2. The predicted octanol–water partition coefficient (Wildman–Crippen LogP) is 6.92. The summed E-state index contributed by atoms with van der Waals surface area (Å²) in [5.74, 6) is 1.87. The van der Waals surface area contributed by atoms with E-state index in [-0.39, 0.29) is 37.9 Å². The molecular weight excluding hydrogens is 744 g/mol. The third kappa shape index (κ3) is 7.36. The second-order valence-corrected chi connectivity index (χ2v) is 18.5. The average molecular weight is 788 g/mol. The molecule has 0 aromatic heterocycles. The van der Waals surface area contributed by atoms with Crippen LogP contribution in [0.2, 0.25) is 0 Å². The maximum atomic E-state index is 11.6. The molecule has 53 heavy (non-hydrogen) atoms. The van der Waals surface area contributed by atoms with Crippen LogP contribution in [-0.2, 0) is 31.1 Å². The van der Waals surface area contributed by atoms with E-state index in [2.05, 4.69) is 49.3 Å². The van der Waals surface area contributed by atoms with Gasteiger partial charge in [0.2, 0.25) is 19.3 Å². The third-order valence-electron chi connectivity index (χ3n) is 10.7. The molecule has 1 aliphatic carbocycles. The molecule has 0 radical (unpaired) electrons. The van der Waals surface area contributed by atoms with Crippen LogP contribution in [0.4, 0.5) is 11.4 Å². The molecule has 2 N–H and O–H groups in total. The van der Waals surface area contributed by atoms with Crippen molar-refractivity contribution >= 4 is 48.9 Å². The Labute approximate surface area is 315 Å². The van der Waals surface area contributed by atoms with E-state index in [1.165, 1.54) is 0 Å². The highest BCUT2D eigenvalue weighted by atomic mass is 35.5. The summed E-state index contributed by atoms with van der Waals surface area (Å²) >= 11 is 7.16. The van der Waals surface area contributed by atoms with Crippen molar-refractivity contribution in [2.24, 2.45) is 0 Å². The van der Waals surface area contributed by atoms with Crippen LogP contribution in [0.3, 0.4) is 0 Å². The highest BCUT2D eigenvalue weighted by Crippen LogP contribution is 2.53. The molecular formula is C38H44ClN2O10S2+. The van der Waals surface area contributed by atoms with Gasteiger partial charge in [0.15, 0.2) is 28.7 Å². The second kappa shape index (κ2) is 13.8. The maximum absolute atomic E-state index is 11.6. The van der Waals surface area contributed by atoms with Crippen LogP contribution in [0.25, 0.3) is 0 Å². The van der Waals surface area contributed by atoms with E-state index in [0.29, 0.717) is 41.1 Å². The summed E-state index contributed by atoms with van der Waals surface area (Å²) in [6, 6.07) is 7.82. The molecule has 2 aromatic carbocycles. The quantitative estimate of drug-likeness (QED) is 0.180. The molecule has 2 aromatic rings. The van der Waals surface area contributed by atoms with Gasteiger partial charge in [0.05, 0.1) is 23.0 Å². The second-order valence-electron chi connectivity index (χ2n) is 14.9. The largest absolute Gasteiger partial charge is 0.454 e. The number of hydrogen-bond acceptors (Lipinski definition) is 9. The van der Waals surface area contributed by atoms with E-state index in [1.807, 2.05) is 36.4 Å². The number of benzene rings is 2. The summed E-state index contributed by atoms with van der Waals surface area (Å²) in [6.07, 6.45) is 11.1. The van der Waals surface area contributed by atoms with Crippen LogP contribution in [0.15, 0.2) is 70.4 Å². The van der Waals surface area contributed by atoms with Crippen LogP contribution in [0.5, 0.6) is 23.0 Å². The lowest BCUT2D eigenvalue weighted by Gasteiger charge is -2.27. The predicted molar refractivity (Wildman–Crippen MR) is 202 cm³/mol.